The number of amides is 1. The molecule has 0 atom stereocenters. The number of carbonyl (C=O) groups excluding carboxylic acids is 2. The van der Waals surface area contributed by atoms with Crippen LogP contribution in [-0.2, 0) is 4.74 Å². The largest absolute Gasteiger partial charge is 0.444 e. The fourth-order valence-electron chi connectivity index (χ4n) is 1.24. The summed E-state index contributed by atoms with van der Waals surface area (Å²) in [6, 6.07) is 3.33. The Labute approximate surface area is 118 Å². The average Bonchev–Trinajstić information content (AvgIpc) is 2.33. The van der Waals surface area contributed by atoms with Gasteiger partial charge in [0, 0.05) is 11.8 Å². The van der Waals surface area contributed by atoms with E-state index in [1.165, 1.54) is 13.1 Å². The van der Waals surface area contributed by atoms with Crippen molar-refractivity contribution in [2.45, 2.75) is 33.3 Å². The average molecular weight is 274 g/mol. The third-order valence-corrected chi connectivity index (χ3v) is 2.11. The number of nitrogens with one attached hydrogen (secondary N) is 1. The quantitative estimate of drug-likeness (QED) is 0.663. The van der Waals surface area contributed by atoms with Crippen molar-refractivity contribution >= 4 is 11.9 Å². The van der Waals surface area contributed by atoms with Gasteiger partial charge in [0.05, 0.1) is 6.54 Å². The van der Waals surface area contributed by atoms with Crippen LogP contribution in [-0.4, -0.2) is 29.0 Å². The second-order valence-corrected chi connectivity index (χ2v) is 5.15. The monoisotopic (exact) mass is 274 g/mol. The van der Waals surface area contributed by atoms with Gasteiger partial charge in [-0.3, -0.25) is 4.79 Å². The Morgan fingerprint density at radius 2 is 2.05 bits per heavy atom. The van der Waals surface area contributed by atoms with Gasteiger partial charge in [-0.1, -0.05) is 5.92 Å². The number of alkyl carbamates (subject to hydrolysis) is 1. The Hall–Kier alpha value is -2.35. The Bertz CT molecular complexity index is 545. The second kappa shape index (κ2) is 6.71. The van der Waals surface area contributed by atoms with Crippen LogP contribution >= 0.6 is 0 Å². The van der Waals surface area contributed by atoms with Crippen LogP contribution in [0, 0.1) is 11.8 Å². The summed E-state index contributed by atoms with van der Waals surface area (Å²) in [5.41, 5.74) is 0.560. The number of ether oxygens (including phenoxy) is 1. The standard InChI is InChI=1S/C15H18N2O3/c1-11(18)12-7-8-13(17-10-12)6-5-9-16-14(19)20-15(2,3)4/h7-8,10H,9H2,1-4H3,(H,16,19). The molecule has 20 heavy (non-hydrogen) atoms. The van der Waals surface area contributed by atoms with E-state index in [1.54, 1.807) is 32.9 Å². The number of Topliss-reactive ketones (excluding diaryl/α,β-unsaturated/α-hetero) is 1. The summed E-state index contributed by atoms with van der Waals surface area (Å²) in [5.74, 6) is 5.51. The van der Waals surface area contributed by atoms with E-state index < -0.39 is 11.7 Å². The van der Waals surface area contributed by atoms with Crippen LogP contribution < -0.4 is 5.32 Å². The van der Waals surface area contributed by atoms with Gasteiger partial charge in [0.1, 0.15) is 11.3 Å². The third-order valence-electron chi connectivity index (χ3n) is 2.11. The van der Waals surface area contributed by atoms with E-state index in [-0.39, 0.29) is 12.3 Å². The van der Waals surface area contributed by atoms with Crippen molar-refractivity contribution in [3.8, 4) is 11.8 Å². The van der Waals surface area contributed by atoms with Crippen LogP contribution in [0.4, 0.5) is 4.79 Å². The molecule has 5 nitrogen and oxygen atoms in total. The first kappa shape index (κ1) is 15.7. The van der Waals surface area contributed by atoms with Crippen LogP contribution in [0.5, 0.6) is 0 Å². The number of nitrogens with zero attached hydrogens (tertiary/aromatic N) is 1. The first-order valence-electron chi connectivity index (χ1n) is 6.20. The molecule has 5 heteroatoms. The van der Waals surface area contributed by atoms with E-state index in [1.807, 2.05) is 0 Å². The SMILES string of the molecule is CC(=O)c1ccc(C#CCNC(=O)OC(C)(C)C)nc1. The van der Waals surface area contributed by atoms with Gasteiger partial charge >= 0.3 is 6.09 Å². The Balaban J connectivity index is 2.47. The molecule has 0 aliphatic rings. The first-order valence-corrected chi connectivity index (χ1v) is 6.20. The Morgan fingerprint density at radius 3 is 2.55 bits per heavy atom. The normalized spacial score (nSPS) is 10.2. The lowest BCUT2D eigenvalue weighted by Gasteiger charge is -2.18. The highest BCUT2D eigenvalue weighted by Crippen LogP contribution is 2.06. The summed E-state index contributed by atoms with van der Waals surface area (Å²) in [5, 5.41) is 2.52. The van der Waals surface area contributed by atoms with E-state index in [0.717, 1.165) is 0 Å². The van der Waals surface area contributed by atoms with Gasteiger partial charge in [0.15, 0.2) is 5.78 Å². The van der Waals surface area contributed by atoms with Crippen molar-refractivity contribution in [1.82, 2.24) is 10.3 Å². The first-order chi connectivity index (χ1) is 9.28. The highest BCUT2D eigenvalue weighted by molar-refractivity contribution is 5.93. The minimum Gasteiger partial charge on any atom is -0.444 e. The molecule has 0 aliphatic carbocycles. The minimum atomic E-state index is -0.526. The van der Waals surface area contributed by atoms with Crippen LogP contribution in [0.25, 0.3) is 0 Å². The Kier molecular flexibility index (Phi) is 5.27. The minimum absolute atomic E-state index is 0.0383. The summed E-state index contributed by atoms with van der Waals surface area (Å²) >= 11 is 0. The molecule has 0 unspecified atom stereocenters. The van der Waals surface area contributed by atoms with Gasteiger partial charge in [0.25, 0.3) is 0 Å². The van der Waals surface area contributed by atoms with Crippen molar-refractivity contribution in [3.63, 3.8) is 0 Å². The molecule has 1 rings (SSSR count). The van der Waals surface area contributed by atoms with Gasteiger partial charge in [-0.15, -0.1) is 0 Å². The van der Waals surface area contributed by atoms with E-state index in [2.05, 4.69) is 22.1 Å². The van der Waals surface area contributed by atoms with Gasteiger partial charge < -0.3 is 10.1 Å². The number of hydrogen-bond acceptors (Lipinski definition) is 4. The van der Waals surface area contributed by atoms with Gasteiger partial charge in [0.2, 0.25) is 0 Å². The lowest BCUT2D eigenvalue weighted by atomic mass is 10.2. The van der Waals surface area contributed by atoms with E-state index >= 15 is 0 Å². The molecule has 0 aliphatic heterocycles. The summed E-state index contributed by atoms with van der Waals surface area (Å²) in [6.07, 6.45) is 0.972. The summed E-state index contributed by atoms with van der Waals surface area (Å²) in [7, 11) is 0. The van der Waals surface area contributed by atoms with Crippen molar-refractivity contribution in [2.75, 3.05) is 6.54 Å². The molecule has 0 saturated carbocycles. The van der Waals surface area contributed by atoms with Crippen LogP contribution in [0.1, 0.15) is 43.7 Å². The molecule has 0 radical (unpaired) electrons. The molecule has 0 aromatic carbocycles. The Morgan fingerprint density at radius 1 is 1.35 bits per heavy atom. The van der Waals surface area contributed by atoms with E-state index in [0.29, 0.717) is 11.3 Å². The molecule has 0 spiro atoms. The van der Waals surface area contributed by atoms with Crippen LogP contribution in [0.15, 0.2) is 18.3 Å². The van der Waals surface area contributed by atoms with Crippen molar-refractivity contribution < 1.29 is 14.3 Å². The molecule has 1 heterocycles. The molecule has 1 amide bonds. The van der Waals surface area contributed by atoms with Crippen LogP contribution in [0.3, 0.4) is 0 Å². The molecule has 106 valence electrons. The van der Waals surface area contributed by atoms with Gasteiger partial charge in [-0.2, -0.15) is 0 Å². The maximum Gasteiger partial charge on any atom is 0.408 e. The number of aromatic nitrogens is 1. The van der Waals surface area contributed by atoms with E-state index in [9.17, 15) is 9.59 Å². The maximum atomic E-state index is 11.3. The highest BCUT2D eigenvalue weighted by atomic mass is 16.6. The zero-order valence-electron chi connectivity index (χ0n) is 12.1. The molecular formula is C15H18N2O3. The summed E-state index contributed by atoms with van der Waals surface area (Å²) < 4.78 is 5.06. The zero-order valence-corrected chi connectivity index (χ0v) is 12.1. The number of pyridine rings is 1. The number of carbonyl (C=O) groups is 2. The topological polar surface area (TPSA) is 68.3 Å². The number of rotatable bonds is 2. The summed E-state index contributed by atoms with van der Waals surface area (Å²) in [6.45, 7) is 7.02. The molecule has 0 fully saturated rings. The fraction of sp³-hybridized carbons (Fsp3) is 0.400. The molecule has 1 aromatic heterocycles. The van der Waals surface area contributed by atoms with E-state index in [4.69, 9.17) is 4.74 Å². The highest BCUT2D eigenvalue weighted by Gasteiger charge is 2.14. The lowest BCUT2D eigenvalue weighted by molar-refractivity contribution is 0.0535. The summed E-state index contributed by atoms with van der Waals surface area (Å²) in [4.78, 5) is 26.4. The van der Waals surface area contributed by atoms with Gasteiger partial charge in [-0.05, 0) is 45.7 Å². The van der Waals surface area contributed by atoms with Crippen molar-refractivity contribution in [3.05, 3.63) is 29.6 Å². The van der Waals surface area contributed by atoms with Crippen molar-refractivity contribution in [1.29, 1.82) is 0 Å². The number of ketones is 1. The van der Waals surface area contributed by atoms with Gasteiger partial charge in [-0.25, -0.2) is 9.78 Å². The van der Waals surface area contributed by atoms with Crippen molar-refractivity contribution in [2.24, 2.45) is 0 Å². The lowest BCUT2D eigenvalue weighted by Crippen LogP contribution is -2.32. The predicted molar refractivity (Wildman–Crippen MR) is 75.4 cm³/mol. The molecule has 0 bridgehead atoms. The second-order valence-electron chi connectivity index (χ2n) is 5.15. The third kappa shape index (κ3) is 6.01. The number of hydrogen-bond donors (Lipinski definition) is 1. The molecule has 1 N–H and O–H groups in total. The zero-order chi connectivity index (χ0) is 15.2. The molecule has 0 saturated heterocycles. The molecule has 1 aromatic rings. The maximum absolute atomic E-state index is 11.3. The fourth-order valence-corrected chi connectivity index (χ4v) is 1.24. The van der Waals surface area contributed by atoms with Crippen LogP contribution in [0.2, 0.25) is 0 Å². The molecular weight excluding hydrogens is 256 g/mol. The predicted octanol–water partition coefficient (Wildman–Crippen LogP) is 2.16. The smallest absolute Gasteiger partial charge is 0.408 e.